The van der Waals surface area contributed by atoms with Crippen LogP contribution in [0.1, 0.15) is 17.4 Å². The van der Waals surface area contributed by atoms with Crippen LogP contribution in [-0.2, 0) is 16.0 Å². The van der Waals surface area contributed by atoms with Gasteiger partial charge in [-0.3, -0.25) is 0 Å². The number of aromatic nitrogens is 3. The van der Waals surface area contributed by atoms with Crippen molar-refractivity contribution in [3.63, 3.8) is 0 Å². The number of hydrogen-bond acceptors (Lipinski definition) is 5. The molecule has 0 atom stereocenters. The number of oxazole rings is 1. The zero-order valence-electron chi connectivity index (χ0n) is 21.2. The molecule has 0 unspecified atom stereocenters. The summed E-state index contributed by atoms with van der Waals surface area (Å²) < 4.78 is 86.2. The number of imidazole rings is 1. The summed E-state index contributed by atoms with van der Waals surface area (Å²) in [7, 11) is -3.51. The Labute approximate surface area is 231 Å². The van der Waals surface area contributed by atoms with Gasteiger partial charge in [-0.25, -0.2) is 22.8 Å². The number of nitrogens with zero attached hydrogens (tertiary/aromatic N) is 3. The van der Waals surface area contributed by atoms with Crippen LogP contribution in [0.3, 0.4) is 0 Å². The van der Waals surface area contributed by atoms with Crippen LogP contribution in [0.5, 0.6) is 0 Å². The maximum atomic E-state index is 14.3. The fourth-order valence-corrected chi connectivity index (χ4v) is 5.25. The first-order valence-electron chi connectivity index (χ1n) is 11.7. The zero-order valence-corrected chi connectivity index (χ0v) is 22.8. The van der Waals surface area contributed by atoms with Crippen molar-refractivity contribution in [2.75, 3.05) is 6.26 Å². The van der Waals surface area contributed by atoms with Gasteiger partial charge in [-0.05, 0) is 60.5 Å². The first-order valence-corrected chi connectivity index (χ1v) is 14.0. The van der Waals surface area contributed by atoms with E-state index in [4.69, 9.17) is 16.0 Å². The van der Waals surface area contributed by atoms with Gasteiger partial charge >= 0.3 is 6.18 Å². The third-order valence-corrected chi connectivity index (χ3v) is 7.47. The minimum Gasteiger partial charge on any atom is -0.440 e. The van der Waals surface area contributed by atoms with Crippen molar-refractivity contribution in [1.29, 1.82) is 0 Å². The highest BCUT2D eigenvalue weighted by Gasteiger charge is 2.35. The lowest BCUT2D eigenvalue weighted by atomic mass is 9.98. The summed E-state index contributed by atoms with van der Waals surface area (Å²) in [6.07, 6.45) is -2.70. The van der Waals surface area contributed by atoms with Crippen LogP contribution in [0, 0.1) is 19.7 Å². The van der Waals surface area contributed by atoms with Crippen LogP contribution in [0.4, 0.5) is 17.6 Å². The summed E-state index contributed by atoms with van der Waals surface area (Å²) in [6, 6.07) is 15.0. The number of alkyl halides is 3. The standard InChI is InChI=1S/C28H20ClF4N3O3S/c1-15-34-25(28(31,32)33)14-36(15)24-8-7-18(17-5-4-6-22(11-17)40(3,37)38)12-23(24)26-27(39-16(2)35-26)19-9-20(29)13-21(30)10-19/h4-14H,1-3H3. The van der Waals surface area contributed by atoms with Gasteiger partial charge < -0.3 is 8.98 Å². The highest BCUT2D eigenvalue weighted by Crippen LogP contribution is 2.40. The molecule has 2 aromatic heterocycles. The second-order valence-corrected chi connectivity index (χ2v) is 11.6. The fourth-order valence-electron chi connectivity index (χ4n) is 4.37. The van der Waals surface area contributed by atoms with E-state index in [2.05, 4.69) is 9.97 Å². The molecule has 5 rings (SSSR count). The molecule has 6 nitrogen and oxygen atoms in total. The van der Waals surface area contributed by atoms with Crippen LogP contribution in [0.2, 0.25) is 5.02 Å². The highest BCUT2D eigenvalue weighted by molar-refractivity contribution is 7.90. The topological polar surface area (TPSA) is 78.0 Å². The average molecular weight is 590 g/mol. The van der Waals surface area contributed by atoms with Crippen molar-refractivity contribution < 1.29 is 30.4 Å². The Hall–Kier alpha value is -3.96. The number of hydrogen-bond donors (Lipinski definition) is 0. The third kappa shape index (κ3) is 5.39. The summed E-state index contributed by atoms with van der Waals surface area (Å²) >= 11 is 6.09. The molecule has 0 aliphatic heterocycles. The van der Waals surface area contributed by atoms with Gasteiger partial charge in [0.1, 0.15) is 17.3 Å². The molecule has 0 bridgehead atoms. The van der Waals surface area contributed by atoms with Crippen LogP contribution in [-0.4, -0.2) is 29.2 Å². The second-order valence-electron chi connectivity index (χ2n) is 9.14. The van der Waals surface area contributed by atoms with Gasteiger partial charge in [-0.1, -0.05) is 29.8 Å². The SMILES string of the molecule is Cc1nc(-c2cc(-c3cccc(S(C)(=O)=O)c3)ccc2-n2cc(C(F)(F)F)nc2C)c(-c2cc(F)cc(Cl)c2)o1. The fraction of sp³-hybridized carbons (Fsp3) is 0.143. The molecule has 0 aliphatic carbocycles. The highest BCUT2D eigenvalue weighted by atomic mass is 35.5. The number of benzene rings is 3. The lowest BCUT2D eigenvalue weighted by Crippen LogP contribution is -2.05. The van der Waals surface area contributed by atoms with Gasteiger partial charge in [0.2, 0.25) is 0 Å². The van der Waals surface area contributed by atoms with E-state index in [1.807, 2.05) is 0 Å². The van der Waals surface area contributed by atoms with Gasteiger partial charge in [0.05, 0.1) is 10.6 Å². The van der Waals surface area contributed by atoms with Gasteiger partial charge in [0.15, 0.2) is 27.2 Å². The predicted octanol–water partition coefficient (Wildman–Crippen LogP) is 7.69. The molecule has 0 saturated heterocycles. The molecule has 5 aromatic rings. The maximum absolute atomic E-state index is 14.3. The number of rotatable bonds is 5. The first kappa shape index (κ1) is 27.6. The molecule has 0 saturated carbocycles. The molecule has 206 valence electrons. The molecule has 0 radical (unpaired) electrons. The monoisotopic (exact) mass is 589 g/mol. The molecular weight excluding hydrogens is 570 g/mol. The number of halogens is 5. The van der Waals surface area contributed by atoms with Crippen molar-refractivity contribution in [3.05, 3.63) is 95.1 Å². The Morgan fingerprint density at radius 1 is 0.925 bits per heavy atom. The largest absolute Gasteiger partial charge is 0.440 e. The van der Waals surface area contributed by atoms with E-state index in [1.54, 1.807) is 37.3 Å². The number of sulfone groups is 1. The van der Waals surface area contributed by atoms with E-state index < -0.39 is 27.5 Å². The van der Waals surface area contributed by atoms with E-state index in [9.17, 15) is 26.0 Å². The number of aryl methyl sites for hydroxylation is 2. The third-order valence-electron chi connectivity index (χ3n) is 6.14. The first-order chi connectivity index (χ1) is 18.7. The van der Waals surface area contributed by atoms with E-state index in [1.165, 1.54) is 35.8 Å². The Bertz CT molecular complexity index is 1860. The minimum atomic E-state index is -4.67. The van der Waals surface area contributed by atoms with Crippen LogP contribution < -0.4 is 0 Å². The molecular formula is C28H20ClF4N3O3S. The summed E-state index contributed by atoms with van der Waals surface area (Å²) in [5.41, 5.74) is 1.15. The molecule has 2 heterocycles. The summed E-state index contributed by atoms with van der Waals surface area (Å²) in [5.74, 6) is -0.180. The molecule has 40 heavy (non-hydrogen) atoms. The van der Waals surface area contributed by atoms with Crippen molar-refractivity contribution in [2.45, 2.75) is 24.9 Å². The van der Waals surface area contributed by atoms with E-state index >= 15 is 0 Å². The van der Waals surface area contributed by atoms with Crippen molar-refractivity contribution in [2.24, 2.45) is 0 Å². The van der Waals surface area contributed by atoms with Crippen molar-refractivity contribution >= 4 is 21.4 Å². The molecule has 3 aromatic carbocycles. The lowest BCUT2D eigenvalue weighted by Gasteiger charge is -2.14. The molecule has 0 aliphatic rings. The van der Waals surface area contributed by atoms with E-state index in [0.29, 0.717) is 22.4 Å². The summed E-state index contributed by atoms with van der Waals surface area (Å²) in [5, 5.41) is 0.113. The quantitative estimate of drug-likeness (QED) is 0.196. The second kappa shape index (κ2) is 9.90. The maximum Gasteiger partial charge on any atom is 0.434 e. The van der Waals surface area contributed by atoms with Gasteiger partial charge in [0, 0.05) is 35.5 Å². The van der Waals surface area contributed by atoms with E-state index in [0.717, 1.165) is 18.5 Å². The predicted molar refractivity (Wildman–Crippen MR) is 142 cm³/mol. The van der Waals surface area contributed by atoms with Crippen molar-refractivity contribution in [3.8, 4) is 39.4 Å². The Balaban J connectivity index is 1.79. The Morgan fingerprint density at radius 2 is 1.65 bits per heavy atom. The molecule has 0 spiro atoms. The summed E-state index contributed by atoms with van der Waals surface area (Å²) in [6.45, 7) is 3.01. The molecule has 0 amide bonds. The summed E-state index contributed by atoms with van der Waals surface area (Å²) in [4.78, 5) is 8.28. The van der Waals surface area contributed by atoms with Gasteiger partial charge in [0.25, 0.3) is 0 Å². The smallest absolute Gasteiger partial charge is 0.434 e. The van der Waals surface area contributed by atoms with Crippen LogP contribution >= 0.6 is 11.6 Å². The normalized spacial score (nSPS) is 12.2. The van der Waals surface area contributed by atoms with Crippen molar-refractivity contribution in [1.82, 2.24) is 14.5 Å². The molecule has 0 fully saturated rings. The van der Waals surface area contributed by atoms with Gasteiger partial charge in [-0.15, -0.1) is 0 Å². The Kier molecular flexibility index (Phi) is 6.83. The van der Waals surface area contributed by atoms with Gasteiger partial charge in [-0.2, -0.15) is 13.2 Å². The van der Waals surface area contributed by atoms with E-state index in [-0.39, 0.29) is 38.7 Å². The minimum absolute atomic E-state index is 0.0657. The Morgan fingerprint density at radius 3 is 2.30 bits per heavy atom. The molecule has 0 N–H and O–H groups in total. The molecule has 12 heteroatoms. The van der Waals surface area contributed by atoms with Crippen LogP contribution in [0.25, 0.3) is 39.4 Å². The average Bonchev–Trinajstić information content (AvgIpc) is 3.45. The zero-order chi connectivity index (χ0) is 29.0. The van der Waals surface area contributed by atoms with Crippen LogP contribution in [0.15, 0.2) is 76.2 Å². The lowest BCUT2D eigenvalue weighted by molar-refractivity contribution is -0.141.